The van der Waals surface area contributed by atoms with Crippen LogP contribution in [0.15, 0.2) is 29.1 Å². The van der Waals surface area contributed by atoms with Crippen molar-refractivity contribution in [3.8, 4) is 0 Å². The van der Waals surface area contributed by atoms with Crippen LogP contribution < -0.4 is 10.9 Å². The molecule has 3 N–H and O–H groups in total. The molecule has 0 spiro atoms. The van der Waals surface area contributed by atoms with Crippen molar-refractivity contribution in [2.24, 2.45) is 0 Å². The van der Waals surface area contributed by atoms with E-state index < -0.39 is 28.8 Å². The lowest BCUT2D eigenvalue weighted by molar-refractivity contribution is -0.144. The average molecular weight is 350 g/mol. The highest BCUT2D eigenvalue weighted by Gasteiger charge is 2.41. The predicted molar refractivity (Wildman–Crippen MR) is 88.9 cm³/mol. The zero-order valence-corrected chi connectivity index (χ0v) is 13.4. The fourth-order valence-electron chi connectivity index (χ4n) is 2.82. The smallest absolute Gasteiger partial charge is 0.329 e. The summed E-state index contributed by atoms with van der Waals surface area (Å²) in [6.45, 7) is 0. The molecule has 0 aliphatic carbocycles. The van der Waals surface area contributed by atoms with E-state index >= 15 is 0 Å². The van der Waals surface area contributed by atoms with Crippen LogP contribution in [0.3, 0.4) is 0 Å². The standard InChI is InChI=1S/C16H15FN2O4S/c17-9-1-2-10-11(8-13(20)18-12(10)7-9)14(21)19-16(15(22)23)3-5-24-6-4-16/h1-2,7-8H,3-6H2,(H,18,20)(H,19,21)(H,22,23). The van der Waals surface area contributed by atoms with Crippen molar-refractivity contribution < 1.29 is 19.1 Å². The van der Waals surface area contributed by atoms with Gasteiger partial charge in [0.05, 0.1) is 11.1 Å². The normalized spacial score (nSPS) is 16.7. The number of carbonyl (C=O) groups is 2. The molecule has 2 heterocycles. The minimum atomic E-state index is -1.34. The number of benzene rings is 1. The van der Waals surface area contributed by atoms with Gasteiger partial charge in [0.1, 0.15) is 11.4 Å². The van der Waals surface area contributed by atoms with Crippen LogP contribution in [0, 0.1) is 5.82 Å². The summed E-state index contributed by atoms with van der Waals surface area (Å²) >= 11 is 1.63. The lowest BCUT2D eigenvalue weighted by Crippen LogP contribution is -2.56. The summed E-state index contributed by atoms with van der Waals surface area (Å²) in [5, 5.41) is 12.5. The Hall–Kier alpha value is -2.35. The average Bonchev–Trinajstić information content (AvgIpc) is 2.54. The second-order valence-corrected chi connectivity index (χ2v) is 6.92. The van der Waals surface area contributed by atoms with Crippen LogP contribution >= 0.6 is 11.8 Å². The molecule has 1 saturated heterocycles. The number of carbonyl (C=O) groups excluding carboxylic acids is 1. The summed E-state index contributed by atoms with van der Waals surface area (Å²) in [6, 6.07) is 4.79. The van der Waals surface area contributed by atoms with Gasteiger partial charge < -0.3 is 15.4 Å². The largest absolute Gasteiger partial charge is 0.480 e. The number of aliphatic carboxylic acids is 1. The molecule has 3 rings (SSSR count). The molecule has 8 heteroatoms. The van der Waals surface area contributed by atoms with Gasteiger partial charge in [-0.15, -0.1) is 0 Å². The third kappa shape index (κ3) is 3.01. The number of halogens is 1. The van der Waals surface area contributed by atoms with Gasteiger partial charge in [0.2, 0.25) is 5.56 Å². The summed E-state index contributed by atoms with van der Waals surface area (Å²) in [7, 11) is 0. The molecular weight excluding hydrogens is 335 g/mol. The molecule has 126 valence electrons. The number of hydrogen-bond acceptors (Lipinski definition) is 4. The van der Waals surface area contributed by atoms with Crippen LogP contribution in [0.1, 0.15) is 23.2 Å². The van der Waals surface area contributed by atoms with Crippen LogP contribution in [-0.4, -0.2) is 39.0 Å². The second kappa shape index (κ2) is 6.27. The molecular formula is C16H15FN2O4S. The first-order valence-corrected chi connectivity index (χ1v) is 8.53. The number of carboxylic acids is 1. The van der Waals surface area contributed by atoms with E-state index in [9.17, 15) is 23.9 Å². The van der Waals surface area contributed by atoms with E-state index in [4.69, 9.17) is 0 Å². The third-order valence-electron chi connectivity index (χ3n) is 4.16. The number of hydrogen-bond donors (Lipinski definition) is 3. The molecule has 0 saturated carbocycles. The summed E-state index contributed by atoms with van der Waals surface area (Å²) in [5.74, 6) is -1.01. The number of fused-ring (bicyclic) bond motifs is 1. The zero-order chi connectivity index (χ0) is 17.3. The van der Waals surface area contributed by atoms with Gasteiger partial charge in [-0.05, 0) is 42.5 Å². The van der Waals surface area contributed by atoms with Crippen molar-refractivity contribution in [3.05, 3.63) is 46.0 Å². The van der Waals surface area contributed by atoms with Crippen molar-refractivity contribution in [3.63, 3.8) is 0 Å². The van der Waals surface area contributed by atoms with Gasteiger partial charge in [0, 0.05) is 11.5 Å². The van der Waals surface area contributed by atoms with Gasteiger partial charge >= 0.3 is 5.97 Å². The molecule has 0 bridgehead atoms. The van der Waals surface area contributed by atoms with Gasteiger partial charge in [0.15, 0.2) is 0 Å². The molecule has 24 heavy (non-hydrogen) atoms. The van der Waals surface area contributed by atoms with Gasteiger partial charge in [-0.3, -0.25) is 9.59 Å². The molecule has 1 aromatic heterocycles. The van der Waals surface area contributed by atoms with Gasteiger partial charge in [-0.1, -0.05) is 0 Å². The van der Waals surface area contributed by atoms with E-state index in [1.165, 1.54) is 12.1 Å². The van der Waals surface area contributed by atoms with Crippen molar-refractivity contribution in [2.45, 2.75) is 18.4 Å². The van der Waals surface area contributed by atoms with Crippen LogP contribution in [0.2, 0.25) is 0 Å². The molecule has 0 atom stereocenters. The fourth-order valence-corrected chi connectivity index (χ4v) is 4.01. The molecule has 1 fully saturated rings. The second-order valence-electron chi connectivity index (χ2n) is 5.69. The fraction of sp³-hybridized carbons (Fsp3) is 0.312. The van der Waals surface area contributed by atoms with Crippen LogP contribution in [-0.2, 0) is 4.79 Å². The molecule has 0 unspecified atom stereocenters. The Morgan fingerprint density at radius 2 is 1.96 bits per heavy atom. The Balaban J connectivity index is 2.02. The zero-order valence-electron chi connectivity index (χ0n) is 12.6. The van der Waals surface area contributed by atoms with E-state index in [-0.39, 0.29) is 11.1 Å². The van der Waals surface area contributed by atoms with Crippen LogP contribution in [0.5, 0.6) is 0 Å². The highest BCUT2D eigenvalue weighted by atomic mass is 32.2. The first-order chi connectivity index (χ1) is 11.4. The summed E-state index contributed by atoms with van der Waals surface area (Å²) in [5.41, 5.74) is -1.66. The van der Waals surface area contributed by atoms with Crippen LogP contribution in [0.4, 0.5) is 4.39 Å². The third-order valence-corrected chi connectivity index (χ3v) is 5.14. The molecule has 0 radical (unpaired) electrons. The quantitative estimate of drug-likeness (QED) is 0.783. The number of aromatic nitrogens is 1. The van der Waals surface area contributed by atoms with Crippen molar-refractivity contribution in [1.82, 2.24) is 10.3 Å². The Kier molecular flexibility index (Phi) is 4.31. The van der Waals surface area contributed by atoms with Crippen molar-refractivity contribution >= 4 is 34.5 Å². The highest BCUT2D eigenvalue weighted by Crippen LogP contribution is 2.28. The highest BCUT2D eigenvalue weighted by molar-refractivity contribution is 7.99. The lowest BCUT2D eigenvalue weighted by Gasteiger charge is -2.33. The molecule has 1 amide bonds. The topological polar surface area (TPSA) is 99.3 Å². The van der Waals surface area contributed by atoms with Crippen molar-refractivity contribution in [1.29, 1.82) is 0 Å². The molecule has 6 nitrogen and oxygen atoms in total. The Morgan fingerprint density at radius 1 is 1.25 bits per heavy atom. The number of H-pyrrole nitrogens is 1. The number of carboxylic acid groups (broad SMARTS) is 1. The van der Waals surface area contributed by atoms with Gasteiger partial charge in [-0.25, -0.2) is 9.18 Å². The predicted octanol–water partition coefficient (Wildman–Crippen LogP) is 1.75. The summed E-state index contributed by atoms with van der Waals surface area (Å²) in [6.07, 6.45) is 0.628. The number of amides is 1. The molecule has 2 aromatic rings. The maximum Gasteiger partial charge on any atom is 0.329 e. The number of aromatic amines is 1. The number of pyridine rings is 1. The Bertz CT molecular complexity index is 874. The SMILES string of the molecule is O=C(NC1(C(=O)O)CCSCC1)c1cc(=O)[nH]c2cc(F)ccc12. The van der Waals surface area contributed by atoms with E-state index in [1.807, 2.05) is 0 Å². The molecule has 1 aromatic carbocycles. The summed E-state index contributed by atoms with van der Waals surface area (Å²) in [4.78, 5) is 38.5. The van der Waals surface area contributed by atoms with E-state index in [0.29, 0.717) is 29.7 Å². The lowest BCUT2D eigenvalue weighted by atomic mass is 9.91. The van der Waals surface area contributed by atoms with Gasteiger partial charge in [0.25, 0.3) is 5.91 Å². The number of rotatable bonds is 3. The van der Waals surface area contributed by atoms with E-state index in [2.05, 4.69) is 10.3 Å². The first kappa shape index (κ1) is 16.5. The molecule has 1 aliphatic rings. The minimum Gasteiger partial charge on any atom is -0.480 e. The first-order valence-electron chi connectivity index (χ1n) is 7.37. The minimum absolute atomic E-state index is 0.0348. The van der Waals surface area contributed by atoms with Crippen molar-refractivity contribution in [2.75, 3.05) is 11.5 Å². The monoisotopic (exact) mass is 350 g/mol. The van der Waals surface area contributed by atoms with Crippen LogP contribution in [0.25, 0.3) is 10.9 Å². The summed E-state index contributed by atoms with van der Waals surface area (Å²) < 4.78 is 13.3. The number of nitrogens with one attached hydrogen (secondary N) is 2. The maximum absolute atomic E-state index is 13.3. The number of thioether (sulfide) groups is 1. The maximum atomic E-state index is 13.3. The van der Waals surface area contributed by atoms with Gasteiger partial charge in [-0.2, -0.15) is 11.8 Å². The molecule has 1 aliphatic heterocycles. The Morgan fingerprint density at radius 3 is 2.62 bits per heavy atom. The van der Waals surface area contributed by atoms with E-state index in [1.54, 1.807) is 11.8 Å². The Labute approximate surface area is 140 Å². The van der Waals surface area contributed by atoms with E-state index in [0.717, 1.165) is 12.1 Å².